The molecular weight excluding hydrogens is 218 g/mol. The van der Waals surface area contributed by atoms with Gasteiger partial charge in [0.15, 0.2) is 0 Å². The normalized spacial score (nSPS) is 10.3. The molecular formula is C13H13NO3. The van der Waals surface area contributed by atoms with Crippen molar-refractivity contribution in [2.45, 2.75) is 12.8 Å². The van der Waals surface area contributed by atoms with E-state index in [4.69, 9.17) is 0 Å². The Morgan fingerprint density at radius 2 is 2.41 bits per heavy atom. The number of carbonyl (C=O) groups excluding carboxylic acids is 1. The average Bonchev–Trinajstić information content (AvgIpc) is 2.35. The lowest BCUT2D eigenvalue weighted by atomic mass is 10.2. The van der Waals surface area contributed by atoms with Crippen molar-refractivity contribution >= 4 is 12.0 Å². The molecule has 0 spiro atoms. The number of hydrogen-bond donors (Lipinski definition) is 1. The smallest absolute Gasteiger partial charge is 0.384 e. The number of aliphatic hydroxyl groups excluding tert-OH is 1. The molecule has 17 heavy (non-hydrogen) atoms. The van der Waals surface area contributed by atoms with Gasteiger partial charge in [-0.3, -0.25) is 4.98 Å². The molecule has 0 aliphatic carbocycles. The van der Waals surface area contributed by atoms with Crippen LogP contribution in [-0.2, 0) is 9.53 Å². The highest BCUT2D eigenvalue weighted by atomic mass is 16.5. The van der Waals surface area contributed by atoms with Crippen LogP contribution in [-0.4, -0.2) is 23.2 Å². The first-order valence-corrected chi connectivity index (χ1v) is 5.10. The molecule has 1 aromatic rings. The van der Waals surface area contributed by atoms with Gasteiger partial charge in [-0.15, -0.1) is 0 Å². The Morgan fingerprint density at radius 3 is 3.06 bits per heavy atom. The van der Waals surface area contributed by atoms with Crippen molar-refractivity contribution in [3.63, 3.8) is 0 Å². The van der Waals surface area contributed by atoms with E-state index >= 15 is 0 Å². The zero-order valence-electron chi connectivity index (χ0n) is 9.51. The summed E-state index contributed by atoms with van der Waals surface area (Å²) in [5, 5.41) is 9.56. The summed E-state index contributed by atoms with van der Waals surface area (Å²) in [4.78, 5) is 14.7. The van der Waals surface area contributed by atoms with Gasteiger partial charge in [-0.1, -0.05) is 12.0 Å². The molecule has 0 fully saturated rings. The van der Waals surface area contributed by atoms with E-state index in [1.54, 1.807) is 24.4 Å². The summed E-state index contributed by atoms with van der Waals surface area (Å²) in [5.74, 6) is 4.51. The summed E-state index contributed by atoms with van der Waals surface area (Å²) >= 11 is 0. The first kappa shape index (κ1) is 12.8. The maximum atomic E-state index is 10.7. The van der Waals surface area contributed by atoms with E-state index < -0.39 is 5.97 Å². The molecule has 1 rings (SSSR count). The zero-order chi connectivity index (χ0) is 12.5. The van der Waals surface area contributed by atoms with Gasteiger partial charge < -0.3 is 9.84 Å². The number of aromatic nitrogens is 1. The van der Waals surface area contributed by atoms with Gasteiger partial charge in [0.05, 0.1) is 18.6 Å². The Kier molecular flexibility index (Phi) is 5.32. The minimum Gasteiger partial charge on any atom is -0.512 e. The first-order chi connectivity index (χ1) is 8.22. The quantitative estimate of drug-likeness (QED) is 0.374. The Morgan fingerprint density at radius 1 is 1.59 bits per heavy atom. The summed E-state index contributed by atoms with van der Waals surface area (Å²) in [6.45, 7) is 0. The molecule has 0 radical (unpaired) electrons. The third-order valence-electron chi connectivity index (χ3n) is 1.88. The van der Waals surface area contributed by atoms with Crippen LogP contribution in [0.25, 0.3) is 6.08 Å². The average molecular weight is 231 g/mol. The van der Waals surface area contributed by atoms with Gasteiger partial charge in [0, 0.05) is 31.0 Å². The number of esters is 1. The summed E-state index contributed by atoms with van der Waals surface area (Å²) < 4.78 is 4.35. The lowest BCUT2D eigenvalue weighted by molar-refractivity contribution is -0.133. The molecule has 0 saturated carbocycles. The molecule has 1 aromatic heterocycles. The molecule has 0 amide bonds. The largest absolute Gasteiger partial charge is 0.512 e. The summed E-state index contributed by atoms with van der Waals surface area (Å²) in [5.41, 5.74) is 0.686. The van der Waals surface area contributed by atoms with Gasteiger partial charge in [-0.25, -0.2) is 4.79 Å². The Bertz CT molecular complexity index is 455. The number of methoxy groups -OCH3 is 1. The fourth-order valence-corrected chi connectivity index (χ4v) is 1.08. The second-order valence-corrected chi connectivity index (χ2v) is 3.18. The topological polar surface area (TPSA) is 59.4 Å². The van der Waals surface area contributed by atoms with E-state index in [1.807, 2.05) is 6.07 Å². The van der Waals surface area contributed by atoms with E-state index in [0.717, 1.165) is 0 Å². The highest BCUT2D eigenvalue weighted by Crippen LogP contribution is 2.06. The molecule has 1 N–H and O–H groups in total. The van der Waals surface area contributed by atoms with Crippen molar-refractivity contribution < 1.29 is 14.6 Å². The van der Waals surface area contributed by atoms with Crippen LogP contribution < -0.4 is 0 Å². The Labute approximate surface area is 99.9 Å². The molecule has 4 heteroatoms. The maximum Gasteiger partial charge on any atom is 0.384 e. The van der Waals surface area contributed by atoms with E-state index in [0.29, 0.717) is 18.5 Å². The van der Waals surface area contributed by atoms with Crippen LogP contribution in [0.4, 0.5) is 0 Å². The predicted octanol–water partition coefficient (Wildman–Crippen LogP) is 1.94. The van der Waals surface area contributed by atoms with Crippen molar-refractivity contribution in [1.82, 2.24) is 4.98 Å². The second-order valence-electron chi connectivity index (χ2n) is 3.18. The maximum absolute atomic E-state index is 10.7. The van der Waals surface area contributed by atoms with Crippen molar-refractivity contribution in [2.24, 2.45) is 0 Å². The molecule has 0 bridgehead atoms. The van der Waals surface area contributed by atoms with Crippen LogP contribution in [0, 0.1) is 11.8 Å². The van der Waals surface area contributed by atoms with Gasteiger partial charge in [-0.05, 0) is 12.1 Å². The van der Waals surface area contributed by atoms with Crippen LogP contribution in [0.15, 0.2) is 30.2 Å². The minimum atomic E-state index is -0.571. The molecule has 0 saturated heterocycles. The van der Waals surface area contributed by atoms with Gasteiger partial charge in [0.2, 0.25) is 0 Å². The number of carbonyl (C=O) groups is 1. The number of nitrogens with zero attached hydrogens (tertiary/aromatic N) is 1. The number of hydrogen-bond acceptors (Lipinski definition) is 4. The van der Waals surface area contributed by atoms with Gasteiger partial charge >= 0.3 is 5.97 Å². The van der Waals surface area contributed by atoms with Crippen molar-refractivity contribution in [2.75, 3.05) is 7.11 Å². The summed E-state index contributed by atoms with van der Waals surface area (Å²) in [7, 11) is 1.27. The molecule has 1 heterocycles. The highest BCUT2D eigenvalue weighted by molar-refractivity contribution is 5.88. The highest BCUT2D eigenvalue weighted by Gasteiger charge is 1.94. The number of pyridine rings is 1. The van der Waals surface area contributed by atoms with Crippen LogP contribution >= 0.6 is 0 Å². The monoisotopic (exact) mass is 231 g/mol. The van der Waals surface area contributed by atoms with Crippen molar-refractivity contribution in [3.8, 4) is 11.8 Å². The van der Waals surface area contributed by atoms with Gasteiger partial charge in [0.1, 0.15) is 0 Å². The Hall–Kier alpha value is -2.28. The number of rotatable bonds is 3. The molecule has 88 valence electrons. The fourth-order valence-electron chi connectivity index (χ4n) is 1.08. The lowest BCUT2D eigenvalue weighted by Gasteiger charge is -1.96. The van der Waals surface area contributed by atoms with E-state index in [2.05, 4.69) is 21.6 Å². The lowest BCUT2D eigenvalue weighted by Crippen LogP contribution is -1.94. The number of allylic oxidation sites excluding steroid dienone is 1. The molecule has 4 nitrogen and oxygen atoms in total. The SMILES string of the molecule is COC(=O)C#CCC/C(O)=C/c1ccccn1. The third-order valence-corrected chi connectivity index (χ3v) is 1.88. The second kappa shape index (κ2) is 7.07. The zero-order valence-corrected chi connectivity index (χ0v) is 9.51. The van der Waals surface area contributed by atoms with Gasteiger partial charge in [0.25, 0.3) is 0 Å². The van der Waals surface area contributed by atoms with Crippen LogP contribution in [0.5, 0.6) is 0 Å². The van der Waals surface area contributed by atoms with E-state index in [-0.39, 0.29) is 5.76 Å². The fraction of sp³-hybridized carbons (Fsp3) is 0.231. The summed E-state index contributed by atoms with van der Waals surface area (Å²) in [6.07, 6.45) is 3.99. The van der Waals surface area contributed by atoms with Crippen molar-refractivity contribution in [3.05, 3.63) is 35.8 Å². The standard InChI is InChI=1S/C13H13NO3/c1-17-13(16)8-3-2-7-12(15)10-11-6-4-5-9-14-11/h4-6,9-10,15H,2,7H2,1H3/b12-10-. The Balaban J connectivity index is 2.44. The molecule has 0 unspecified atom stereocenters. The van der Waals surface area contributed by atoms with Crippen LogP contribution in [0.3, 0.4) is 0 Å². The van der Waals surface area contributed by atoms with E-state index in [1.165, 1.54) is 7.11 Å². The number of aliphatic hydroxyl groups is 1. The number of ether oxygens (including phenoxy) is 1. The predicted molar refractivity (Wildman–Crippen MR) is 63.9 cm³/mol. The van der Waals surface area contributed by atoms with E-state index in [9.17, 15) is 9.90 Å². The van der Waals surface area contributed by atoms with Crippen LogP contribution in [0.2, 0.25) is 0 Å². The third kappa shape index (κ3) is 5.38. The molecule has 0 aliphatic heterocycles. The van der Waals surface area contributed by atoms with Crippen molar-refractivity contribution in [1.29, 1.82) is 0 Å². The van der Waals surface area contributed by atoms with Crippen LogP contribution in [0.1, 0.15) is 18.5 Å². The molecule has 0 aromatic carbocycles. The summed E-state index contributed by atoms with van der Waals surface area (Å²) in [6, 6.07) is 5.43. The first-order valence-electron chi connectivity index (χ1n) is 5.10. The minimum absolute atomic E-state index is 0.183. The molecule has 0 aliphatic rings. The molecule has 0 atom stereocenters. The van der Waals surface area contributed by atoms with Gasteiger partial charge in [-0.2, -0.15) is 0 Å².